The Morgan fingerprint density at radius 3 is 1.93 bits per heavy atom. The van der Waals surface area contributed by atoms with Crippen LogP contribution in [0.15, 0.2) is 0 Å². The van der Waals surface area contributed by atoms with Crippen molar-refractivity contribution < 1.29 is 13.2 Å². The molecule has 1 heterocycles. The average Bonchev–Trinajstić information content (AvgIpc) is 2.02. The standard InChI is InChI=1S/C9H19NO3S/c1-7-5-13-6-8(2)9(7)14(11,12)10(3)4/h7-9H,5-6H2,1-4H3/t7-,8-/m0/s1. The second kappa shape index (κ2) is 4.16. The number of nitrogens with zero attached hydrogens (tertiary/aromatic N) is 1. The topological polar surface area (TPSA) is 46.6 Å². The first kappa shape index (κ1) is 11.9. The van der Waals surface area contributed by atoms with Gasteiger partial charge in [0.1, 0.15) is 0 Å². The minimum Gasteiger partial charge on any atom is -0.381 e. The molecule has 1 rings (SSSR count). The Morgan fingerprint density at radius 1 is 1.14 bits per heavy atom. The molecule has 4 nitrogen and oxygen atoms in total. The average molecular weight is 221 g/mol. The van der Waals surface area contributed by atoms with Gasteiger partial charge in [0.15, 0.2) is 0 Å². The Morgan fingerprint density at radius 2 is 1.57 bits per heavy atom. The smallest absolute Gasteiger partial charge is 0.217 e. The van der Waals surface area contributed by atoms with Crippen molar-refractivity contribution in [1.82, 2.24) is 4.31 Å². The van der Waals surface area contributed by atoms with Crippen molar-refractivity contribution in [3.8, 4) is 0 Å². The zero-order chi connectivity index (χ0) is 10.9. The summed E-state index contributed by atoms with van der Waals surface area (Å²) in [4.78, 5) is 0. The van der Waals surface area contributed by atoms with E-state index in [2.05, 4.69) is 0 Å². The molecule has 1 aliphatic heterocycles. The molecule has 0 spiro atoms. The van der Waals surface area contributed by atoms with Crippen molar-refractivity contribution in [3.05, 3.63) is 0 Å². The third kappa shape index (κ3) is 2.10. The first-order chi connectivity index (χ1) is 6.37. The number of ether oxygens (including phenoxy) is 1. The van der Waals surface area contributed by atoms with Crippen LogP contribution in [0.5, 0.6) is 0 Å². The van der Waals surface area contributed by atoms with Gasteiger partial charge in [-0.1, -0.05) is 13.8 Å². The molecule has 1 fully saturated rings. The lowest BCUT2D eigenvalue weighted by atomic mass is 9.95. The molecule has 1 saturated heterocycles. The van der Waals surface area contributed by atoms with Gasteiger partial charge in [-0.15, -0.1) is 0 Å². The van der Waals surface area contributed by atoms with Gasteiger partial charge in [0, 0.05) is 14.1 Å². The fraction of sp³-hybridized carbons (Fsp3) is 1.00. The van der Waals surface area contributed by atoms with E-state index in [1.165, 1.54) is 4.31 Å². The molecule has 0 unspecified atom stereocenters. The zero-order valence-electron chi connectivity index (χ0n) is 9.23. The summed E-state index contributed by atoms with van der Waals surface area (Å²) in [6.07, 6.45) is 0. The Kier molecular flexibility index (Phi) is 3.55. The van der Waals surface area contributed by atoms with E-state index >= 15 is 0 Å². The summed E-state index contributed by atoms with van der Waals surface area (Å²) >= 11 is 0. The maximum atomic E-state index is 12.0. The molecule has 0 aromatic carbocycles. The lowest BCUT2D eigenvalue weighted by Crippen LogP contribution is -2.47. The van der Waals surface area contributed by atoms with E-state index in [0.717, 1.165) is 0 Å². The van der Waals surface area contributed by atoms with Crippen molar-refractivity contribution in [1.29, 1.82) is 0 Å². The van der Waals surface area contributed by atoms with Crippen LogP contribution in [0.1, 0.15) is 13.8 Å². The second-order valence-corrected chi connectivity index (χ2v) is 6.59. The van der Waals surface area contributed by atoms with Gasteiger partial charge in [-0.3, -0.25) is 0 Å². The summed E-state index contributed by atoms with van der Waals surface area (Å²) in [7, 11) is 0.0301. The largest absolute Gasteiger partial charge is 0.381 e. The number of hydrogen-bond donors (Lipinski definition) is 0. The highest BCUT2D eigenvalue weighted by molar-refractivity contribution is 7.89. The van der Waals surface area contributed by atoms with Crippen LogP contribution in [0.3, 0.4) is 0 Å². The van der Waals surface area contributed by atoms with E-state index in [1.54, 1.807) is 14.1 Å². The molecular weight excluding hydrogens is 202 g/mol. The fourth-order valence-corrected chi connectivity index (χ4v) is 3.84. The Labute approximate surface area is 86.3 Å². The highest BCUT2D eigenvalue weighted by atomic mass is 32.2. The minimum atomic E-state index is -3.14. The molecule has 0 radical (unpaired) electrons. The molecule has 2 atom stereocenters. The molecule has 14 heavy (non-hydrogen) atoms. The minimum absolute atomic E-state index is 0.0751. The monoisotopic (exact) mass is 221 g/mol. The van der Waals surface area contributed by atoms with Crippen molar-refractivity contribution in [2.45, 2.75) is 19.1 Å². The Balaban J connectivity index is 2.93. The first-order valence-corrected chi connectivity index (χ1v) is 6.36. The van der Waals surface area contributed by atoms with Gasteiger partial charge in [0.2, 0.25) is 10.0 Å². The number of hydrogen-bond acceptors (Lipinski definition) is 3. The van der Waals surface area contributed by atoms with Crippen molar-refractivity contribution >= 4 is 10.0 Å². The van der Waals surface area contributed by atoms with E-state index in [4.69, 9.17) is 4.74 Å². The summed E-state index contributed by atoms with van der Waals surface area (Å²) < 4.78 is 30.6. The summed E-state index contributed by atoms with van der Waals surface area (Å²) in [6, 6.07) is 0. The van der Waals surface area contributed by atoms with Gasteiger partial charge in [0.25, 0.3) is 0 Å². The van der Waals surface area contributed by atoms with E-state index in [-0.39, 0.29) is 17.1 Å². The quantitative estimate of drug-likeness (QED) is 0.684. The van der Waals surface area contributed by atoms with Gasteiger partial charge in [-0.05, 0) is 11.8 Å². The maximum Gasteiger partial charge on any atom is 0.217 e. The van der Waals surface area contributed by atoms with Gasteiger partial charge < -0.3 is 4.74 Å². The first-order valence-electron chi connectivity index (χ1n) is 4.86. The van der Waals surface area contributed by atoms with Crippen molar-refractivity contribution in [2.75, 3.05) is 27.3 Å². The second-order valence-electron chi connectivity index (χ2n) is 4.28. The SMILES string of the molecule is C[C@H]1COC[C@H](C)C1S(=O)(=O)N(C)C. The number of rotatable bonds is 2. The Bertz CT molecular complexity index is 276. The molecule has 0 aliphatic carbocycles. The molecule has 0 saturated carbocycles. The maximum absolute atomic E-state index is 12.0. The fourth-order valence-electron chi connectivity index (χ4n) is 2.02. The Hall–Kier alpha value is -0.130. The van der Waals surface area contributed by atoms with Crippen molar-refractivity contribution in [3.63, 3.8) is 0 Å². The molecule has 0 bridgehead atoms. The van der Waals surface area contributed by atoms with Gasteiger partial charge in [-0.2, -0.15) is 0 Å². The van der Waals surface area contributed by atoms with Gasteiger partial charge in [-0.25, -0.2) is 12.7 Å². The molecule has 1 aliphatic rings. The summed E-state index contributed by atoms with van der Waals surface area (Å²) in [5, 5.41) is -0.300. The zero-order valence-corrected chi connectivity index (χ0v) is 10.0. The summed E-state index contributed by atoms with van der Waals surface area (Å²) in [6.45, 7) is 4.95. The van der Waals surface area contributed by atoms with E-state index in [1.807, 2.05) is 13.8 Å². The molecule has 0 aromatic heterocycles. The lowest BCUT2D eigenvalue weighted by molar-refractivity contribution is 0.0293. The summed E-state index contributed by atoms with van der Waals surface area (Å²) in [5.41, 5.74) is 0. The predicted octanol–water partition coefficient (Wildman–Crippen LogP) is 0.549. The van der Waals surface area contributed by atoms with E-state index in [0.29, 0.717) is 13.2 Å². The lowest BCUT2D eigenvalue weighted by Gasteiger charge is -2.35. The molecule has 5 heteroatoms. The third-order valence-corrected chi connectivity index (χ3v) is 5.37. The van der Waals surface area contributed by atoms with Gasteiger partial charge >= 0.3 is 0 Å². The third-order valence-electron chi connectivity index (χ3n) is 2.74. The van der Waals surface area contributed by atoms with E-state index in [9.17, 15) is 8.42 Å². The van der Waals surface area contributed by atoms with Crippen molar-refractivity contribution in [2.24, 2.45) is 11.8 Å². The van der Waals surface area contributed by atoms with Gasteiger partial charge in [0.05, 0.1) is 18.5 Å². The van der Waals surface area contributed by atoms with Crippen LogP contribution in [-0.4, -0.2) is 45.3 Å². The number of sulfonamides is 1. The normalized spacial score (nSPS) is 30.9. The molecular formula is C9H19NO3S. The molecule has 0 amide bonds. The molecule has 84 valence electrons. The highest BCUT2D eigenvalue weighted by Crippen LogP contribution is 2.27. The van der Waals surface area contributed by atoms with Crippen LogP contribution in [0.25, 0.3) is 0 Å². The van der Waals surface area contributed by atoms with Crippen LogP contribution in [0, 0.1) is 11.8 Å². The molecule has 0 N–H and O–H groups in total. The van der Waals surface area contributed by atoms with Crippen LogP contribution in [0.4, 0.5) is 0 Å². The van der Waals surface area contributed by atoms with Crippen LogP contribution < -0.4 is 0 Å². The highest BCUT2D eigenvalue weighted by Gasteiger charge is 2.39. The van der Waals surface area contributed by atoms with Crippen LogP contribution in [0.2, 0.25) is 0 Å². The van der Waals surface area contributed by atoms with Crippen LogP contribution >= 0.6 is 0 Å². The molecule has 0 aromatic rings. The summed E-state index contributed by atoms with van der Waals surface area (Å²) in [5.74, 6) is 0.150. The van der Waals surface area contributed by atoms with E-state index < -0.39 is 10.0 Å². The predicted molar refractivity (Wildman–Crippen MR) is 55.5 cm³/mol. The van der Waals surface area contributed by atoms with Crippen LogP contribution in [-0.2, 0) is 14.8 Å².